The van der Waals surface area contributed by atoms with E-state index in [2.05, 4.69) is 22.1 Å². The lowest BCUT2D eigenvalue weighted by molar-refractivity contribution is 0.00928. The van der Waals surface area contributed by atoms with Crippen LogP contribution >= 0.6 is 0 Å². The monoisotopic (exact) mass is 366 g/mol. The van der Waals surface area contributed by atoms with Crippen LogP contribution in [0.3, 0.4) is 0 Å². The number of hydrogen-bond donors (Lipinski definition) is 1. The Hall–Kier alpha value is -1.46. The fraction of sp³-hybridized carbons (Fsp3) is 0.900. The number of nitrogens with zero attached hydrogens (tertiary/aromatic N) is 3. The number of rotatable bonds is 6. The molecule has 0 aromatic rings. The maximum Gasteiger partial charge on any atom is 0.410 e. The summed E-state index contributed by atoms with van der Waals surface area (Å²) in [5.74, 6) is 1.66. The van der Waals surface area contributed by atoms with E-state index in [-0.39, 0.29) is 12.1 Å². The van der Waals surface area contributed by atoms with E-state index in [0.717, 1.165) is 51.4 Å². The first-order valence-corrected chi connectivity index (χ1v) is 10.3. The lowest BCUT2D eigenvalue weighted by Crippen LogP contribution is -2.52. The van der Waals surface area contributed by atoms with Crippen molar-refractivity contribution in [2.24, 2.45) is 10.9 Å². The van der Waals surface area contributed by atoms with Crippen LogP contribution in [0.25, 0.3) is 0 Å². The first-order chi connectivity index (χ1) is 12.3. The number of amides is 1. The molecule has 0 aromatic carbocycles. The average Bonchev–Trinajstić information content (AvgIpc) is 3.40. The Morgan fingerprint density at radius 3 is 2.38 bits per heavy atom. The van der Waals surface area contributed by atoms with Crippen molar-refractivity contribution in [2.45, 2.75) is 77.9 Å². The van der Waals surface area contributed by atoms with Gasteiger partial charge in [-0.05, 0) is 58.8 Å². The first kappa shape index (κ1) is 20.8. The van der Waals surface area contributed by atoms with Gasteiger partial charge in [-0.2, -0.15) is 0 Å². The van der Waals surface area contributed by atoms with Crippen molar-refractivity contribution in [3.05, 3.63) is 0 Å². The third kappa shape index (κ3) is 6.69. The second-order valence-corrected chi connectivity index (χ2v) is 8.62. The van der Waals surface area contributed by atoms with Crippen LogP contribution < -0.4 is 5.32 Å². The van der Waals surface area contributed by atoms with Crippen LogP contribution in [0.4, 0.5) is 4.79 Å². The maximum atomic E-state index is 12.7. The van der Waals surface area contributed by atoms with E-state index in [4.69, 9.17) is 4.74 Å². The highest BCUT2D eigenvalue weighted by molar-refractivity contribution is 5.80. The number of carbonyl (C=O) groups excluding carboxylic acids is 1. The van der Waals surface area contributed by atoms with Gasteiger partial charge in [0, 0.05) is 39.3 Å². The minimum Gasteiger partial charge on any atom is -0.444 e. The molecule has 1 N–H and O–H groups in total. The Morgan fingerprint density at radius 1 is 1.23 bits per heavy atom. The molecule has 1 aliphatic heterocycles. The molecule has 0 aromatic heterocycles. The molecule has 26 heavy (non-hydrogen) atoms. The molecule has 0 radical (unpaired) electrons. The second-order valence-electron chi connectivity index (χ2n) is 8.62. The number of aliphatic imine (C=N–C) groups is 1. The molecule has 150 valence electrons. The summed E-state index contributed by atoms with van der Waals surface area (Å²) in [5.41, 5.74) is -0.440. The van der Waals surface area contributed by atoms with Crippen LogP contribution in [0.5, 0.6) is 0 Å². The van der Waals surface area contributed by atoms with Crippen molar-refractivity contribution in [3.8, 4) is 0 Å². The third-order valence-electron chi connectivity index (χ3n) is 5.01. The van der Waals surface area contributed by atoms with Crippen molar-refractivity contribution in [1.29, 1.82) is 0 Å². The zero-order valence-electron chi connectivity index (χ0n) is 17.4. The van der Waals surface area contributed by atoms with Gasteiger partial charge >= 0.3 is 6.09 Å². The predicted octanol–water partition coefficient (Wildman–Crippen LogP) is 3.47. The molecule has 0 unspecified atom stereocenters. The lowest BCUT2D eigenvalue weighted by atomic mass is 10.0. The van der Waals surface area contributed by atoms with Gasteiger partial charge in [-0.3, -0.25) is 4.99 Å². The van der Waals surface area contributed by atoms with Crippen LogP contribution in [-0.4, -0.2) is 66.7 Å². The highest BCUT2D eigenvalue weighted by atomic mass is 16.6. The average molecular weight is 367 g/mol. The largest absolute Gasteiger partial charge is 0.444 e. The van der Waals surface area contributed by atoms with Crippen molar-refractivity contribution in [3.63, 3.8) is 0 Å². The summed E-state index contributed by atoms with van der Waals surface area (Å²) in [6, 6.07) is 0.274. The van der Waals surface area contributed by atoms with E-state index in [1.807, 2.05) is 32.7 Å². The Labute approximate surface area is 159 Å². The summed E-state index contributed by atoms with van der Waals surface area (Å²) in [5, 5.41) is 3.45. The molecule has 0 spiro atoms. The minimum atomic E-state index is -0.440. The topological polar surface area (TPSA) is 57.2 Å². The van der Waals surface area contributed by atoms with Crippen molar-refractivity contribution >= 4 is 12.1 Å². The van der Waals surface area contributed by atoms with Gasteiger partial charge < -0.3 is 19.9 Å². The molecule has 2 rings (SSSR count). The molecular weight excluding hydrogens is 328 g/mol. The molecule has 1 aliphatic carbocycles. The second kappa shape index (κ2) is 9.47. The predicted molar refractivity (Wildman–Crippen MR) is 107 cm³/mol. The normalized spacial score (nSPS) is 19.4. The van der Waals surface area contributed by atoms with Crippen LogP contribution in [0.2, 0.25) is 0 Å². The van der Waals surface area contributed by atoms with Crippen LogP contribution in [-0.2, 0) is 4.74 Å². The molecule has 2 aliphatic rings. The van der Waals surface area contributed by atoms with Crippen molar-refractivity contribution in [1.82, 2.24) is 15.1 Å². The number of unbranched alkanes of at least 4 members (excludes halogenated alkanes) is 1. The van der Waals surface area contributed by atoms with Gasteiger partial charge in [0.15, 0.2) is 5.96 Å². The molecular formula is C20H38N4O2. The molecule has 6 nitrogen and oxygen atoms in total. The van der Waals surface area contributed by atoms with Gasteiger partial charge in [-0.15, -0.1) is 0 Å². The minimum absolute atomic E-state index is 0.145. The summed E-state index contributed by atoms with van der Waals surface area (Å²) in [6.07, 6.45) is 6.62. The molecule has 0 atom stereocenters. The SMILES string of the molecule is CCCCNC(=NC)N1CCC(N(CC2CC2)C(=O)OC(C)(C)C)CC1. The lowest BCUT2D eigenvalue weighted by Gasteiger charge is -2.40. The highest BCUT2D eigenvalue weighted by Gasteiger charge is 2.35. The van der Waals surface area contributed by atoms with Gasteiger partial charge in [0.2, 0.25) is 0 Å². The Bertz CT molecular complexity index is 475. The van der Waals surface area contributed by atoms with E-state index in [9.17, 15) is 4.79 Å². The van der Waals surface area contributed by atoms with Gasteiger partial charge in [-0.1, -0.05) is 13.3 Å². The summed E-state index contributed by atoms with van der Waals surface area (Å²) in [6.45, 7) is 11.7. The van der Waals surface area contributed by atoms with E-state index >= 15 is 0 Å². The fourth-order valence-electron chi connectivity index (χ4n) is 3.37. The Kier molecular flexibility index (Phi) is 7.59. The summed E-state index contributed by atoms with van der Waals surface area (Å²) in [4.78, 5) is 21.5. The highest BCUT2D eigenvalue weighted by Crippen LogP contribution is 2.32. The number of ether oxygens (including phenoxy) is 1. The standard InChI is InChI=1S/C20H38N4O2/c1-6-7-12-22-18(21-5)23-13-10-17(11-14-23)24(15-16-8-9-16)19(25)26-20(2,3)4/h16-17H,6-15H2,1-5H3,(H,21,22). The molecule has 1 saturated carbocycles. The van der Waals surface area contributed by atoms with Crippen molar-refractivity contribution < 1.29 is 9.53 Å². The maximum absolute atomic E-state index is 12.7. The molecule has 1 amide bonds. The molecule has 1 saturated heterocycles. The van der Waals surface area contributed by atoms with Crippen LogP contribution in [0.1, 0.15) is 66.2 Å². The number of hydrogen-bond acceptors (Lipinski definition) is 3. The molecule has 2 fully saturated rings. The zero-order valence-corrected chi connectivity index (χ0v) is 17.4. The zero-order chi connectivity index (χ0) is 19.2. The third-order valence-corrected chi connectivity index (χ3v) is 5.01. The fourth-order valence-corrected chi connectivity index (χ4v) is 3.37. The number of carbonyl (C=O) groups is 1. The Balaban J connectivity index is 1.90. The molecule has 6 heteroatoms. The summed E-state index contributed by atoms with van der Waals surface area (Å²) < 4.78 is 5.68. The van der Waals surface area contributed by atoms with E-state index in [1.54, 1.807) is 0 Å². The van der Waals surface area contributed by atoms with E-state index < -0.39 is 5.60 Å². The molecule has 1 heterocycles. The smallest absolute Gasteiger partial charge is 0.410 e. The number of guanidine groups is 1. The molecule has 0 bridgehead atoms. The van der Waals surface area contributed by atoms with Crippen molar-refractivity contribution in [2.75, 3.05) is 33.2 Å². The number of likely N-dealkylation sites (tertiary alicyclic amines) is 1. The summed E-state index contributed by atoms with van der Waals surface area (Å²) >= 11 is 0. The van der Waals surface area contributed by atoms with E-state index in [0.29, 0.717) is 5.92 Å². The Morgan fingerprint density at radius 2 is 1.88 bits per heavy atom. The summed E-state index contributed by atoms with van der Waals surface area (Å²) in [7, 11) is 1.85. The van der Waals surface area contributed by atoms with Gasteiger partial charge in [0.25, 0.3) is 0 Å². The first-order valence-electron chi connectivity index (χ1n) is 10.3. The van der Waals surface area contributed by atoms with Gasteiger partial charge in [-0.25, -0.2) is 4.79 Å². The van der Waals surface area contributed by atoms with E-state index in [1.165, 1.54) is 19.3 Å². The van der Waals surface area contributed by atoms with Crippen LogP contribution in [0, 0.1) is 5.92 Å². The number of nitrogens with one attached hydrogen (secondary N) is 1. The quantitative estimate of drug-likeness (QED) is 0.444. The van der Waals surface area contributed by atoms with Gasteiger partial charge in [0.05, 0.1) is 0 Å². The van der Waals surface area contributed by atoms with Crippen LogP contribution in [0.15, 0.2) is 4.99 Å². The van der Waals surface area contributed by atoms with Gasteiger partial charge in [0.1, 0.15) is 5.60 Å². The number of piperidine rings is 1.